The van der Waals surface area contributed by atoms with Crippen molar-refractivity contribution in [2.45, 2.75) is 27.2 Å². The first kappa shape index (κ1) is 11.8. The molecule has 1 aromatic rings. The number of rotatable bonds is 5. The molecule has 0 saturated carbocycles. The molecule has 0 fully saturated rings. The van der Waals surface area contributed by atoms with Crippen molar-refractivity contribution in [1.82, 2.24) is 0 Å². The molecular weight excluding hydrogens is 188 g/mol. The van der Waals surface area contributed by atoms with Gasteiger partial charge in [-0.25, -0.2) is 0 Å². The SMILES string of the molecule is CCOc1ccccc1CC(C)C(C)=O. The number of carbonyl (C=O) groups excluding carboxylic acids is 1. The summed E-state index contributed by atoms with van der Waals surface area (Å²) in [6, 6.07) is 7.90. The quantitative estimate of drug-likeness (QED) is 0.740. The van der Waals surface area contributed by atoms with E-state index in [0.717, 1.165) is 17.7 Å². The van der Waals surface area contributed by atoms with Crippen molar-refractivity contribution in [3.8, 4) is 5.75 Å². The highest BCUT2D eigenvalue weighted by Crippen LogP contribution is 2.21. The molecule has 2 heteroatoms. The van der Waals surface area contributed by atoms with Gasteiger partial charge in [-0.1, -0.05) is 25.1 Å². The summed E-state index contributed by atoms with van der Waals surface area (Å²) < 4.78 is 5.51. The van der Waals surface area contributed by atoms with Crippen LogP contribution in [0.5, 0.6) is 5.75 Å². The van der Waals surface area contributed by atoms with Crippen LogP contribution in [-0.2, 0) is 11.2 Å². The molecular formula is C13H18O2. The van der Waals surface area contributed by atoms with E-state index in [1.165, 1.54) is 0 Å². The minimum atomic E-state index is 0.0617. The molecule has 0 bridgehead atoms. The molecule has 0 spiro atoms. The highest BCUT2D eigenvalue weighted by Gasteiger charge is 2.11. The Bertz CT molecular complexity index is 331. The summed E-state index contributed by atoms with van der Waals surface area (Å²) in [5, 5.41) is 0. The first-order valence-electron chi connectivity index (χ1n) is 5.36. The number of benzene rings is 1. The third-order valence-corrected chi connectivity index (χ3v) is 2.49. The number of ketones is 1. The van der Waals surface area contributed by atoms with Gasteiger partial charge >= 0.3 is 0 Å². The Labute approximate surface area is 91.3 Å². The summed E-state index contributed by atoms with van der Waals surface area (Å²) in [7, 11) is 0. The molecule has 0 aliphatic carbocycles. The second-order valence-corrected chi connectivity index (χ2v) is 3.76. The molecule has 82 valence electrons. The second-order valence-electron chi connectivity index (χ2n) is 3.76. The topological polar surface area (TPSA) is 26.3 Å². The van der Waals surface area contributed by atoms with Crippen molar-refractivity contribution in [3.05, 3.63) is 29.8 Å². The fourth-order valence-corrected chi connectivity index (χ4v) is 1.44. The van der Waals surface area contributed by atoms with Crippen molar-refractivity contribution in [2.24, 2.45) is 5.92 Å². The zero-order valence-corrected chi connectivity index (χ0v) is 9.62. The number of ether oxygens (including phenoxy) is 1. The second kappa shape index (κ2) is 5.54. The molecule has 1 rings (SSSR count). The molecule has 0 amide bonds. The first-order chi connectivity index (χ1) is 7.15. The van der Waals surface area contributed by atoms with E-state index in [0.29, 0.717) is 6.61 Å². The zero-order chi connectivity index (χ0) is 11.3. The Kier molecular flexibility index (Phi) is 4.35. The number of para-hydroxylation sites is 1. The molecule has 1 unspecified atom stereocenters. The van der Waals surface area contributed by atoms with Crippen molar-refractivity contribution >= 4 is 5.78 Å². The van der Waals surface area contributed by atoms with Gasteiger partial charge in [-0.05, 0) is 31.9 Å². The predicted octanol–water partition coefficient (Wildman–Crippen LogP) is 2.85. The molecule has 15 heavy (non-hydrogen) atoms. The lowest BCUT2D eigenvalue weighted by Crippen LogP contribution is -2.10. The van der Waals surface area contributed by atoms with Crippen LogP contribution < -0.4 is 4.74 Å². The van der Waals surface area contributed by atoms with E-state index in [-0.39, 0.29) is 11.7 Å². The lowest BCUT2D eigenvalue weighted by Gasteiger charge is -2.12. The smallest absolute Gasteiger partial charge is 0.132 e. The van der Waals surface area contributed by atoms with Crippen molar-refractivity contribution < 1.29 is 9.53 Å². The van der Waals surface area contributed by atoms with E-state index in [2.05, 4.69) is 0 Å². The standard InChI is InChI=1S/C13H18O2/c1-4-15-13-8-6-5-7-12(13)9-10(2)11(3)14/h5-8,10H,4,9H2,1-3H3. The fourth-order valence-electron chi connectivity index (χ4n) is 1.44. The molecule has 0 saturated heterocycles. The summed E-state index contributed by atoms with van der Waals surface area (Å²) in [6.45, 7) is 6.20. The van der Waals surface area contributed by atoms with Crippen LogP contribution >= 0.6 is 0 Å². The number of Topliss-reactive ketones (excluding diaryl/α,β-unsaturated/α-hetero) is 1. The molecule has 0 heterocycles. The van der Waals surface area contributed by atoms with Gasteiger partial charge in [0.2, 0.25) is 0 Å². The molecule has 0 N–H and O–H groups in total. The fraction of sp³-hybridized carbons (Fsp3) is 0.462. The largest absolute Gasteiger partial charge is 0.494 e. The highest BCUT2D eigenvalue weighted by molar-refractivity contribution is 5.78. The van der Waals surface area contributed by atoms with Crippen LogP contribution in [0, 0.1) is 5.92 Å². The maximum atomic E-state index is 11.2. The average Bonchev–Trinajstić information content (AvgIpc) is 2.21. The summed E-state index contributed by atoms with van der Waals surface area (Å²) in [5.41, 5.74) is 1.11. The van der Waals surface area contributed by atoms with E-state index < -0.39 is 0 Å². The minimum absolute atomic E-state index is 0.0617. The number of hydrogen-bond donors (Lipinski definition) is 0. The molecule has 0 aliphatic rings. The van der Waals surface area contributed by atoms with Gasteiger partial charge < -0.3 is 4.74 Å². The Balaban J connectivity index is 2.79. The maximum Gasteiger partial charge on any atom is 0.132 e. The van der Waals surface area contributed by atoms with E-state index in [1.54, 1.807) is 6.92 Å². The maximum absolute atomic E-state index is 11.2. The Morgan fingerprint density at radius 2 is 2.07 bits per heavy atom. The van der Waals surface area contributed by atoms with Crippen LogP contribution in [0.1, 0.15) is 26.3 Å². The Hall–Kier alpha value is -1.31. The van der Waals surface area contributed by atoms with Gasteiger partial charge in [0.05, 0.1) is 6.61 Å². The monoisotopic (exact) mass is 206 g/mol. The van der Waals surface area contributed by atoms with Crippen molar-refractivity contribution in [2.75, 3.05) is 6.61 Å². The summed E-state index contributed by atoms with van der Waals surface area (Å²) >= 11 is 0. The Morgan fingerprint density at radius 1 is 1.40 bits per heavy atom. The van der Waals surface area contributed by atoms with Crippen LogP contribution in [0.25, 0.3) is 0 Å². The third-order valence-electron chi connectivity index (χ3n) is 2.49. The molecule has 0 radical (unpaired) electrons. The van der Waals surface area contributed by atoms with Gasteiger partial charge in [0, 0.05) is 5.92 Å². The normalized spacial score (nSPS) is 12.2. The molecule has 1 atom stereocenters. The highest BCUT2D eigenvalue weighted by atomic mass is 16.5. The van der Waals surface area contributed by atoms with E-state index in [4.69, 9.17) is 4.74 Å². The lowest BCUT2D eigenvalue weighted by atomic mass is 9.97. The van der Waals surface area contributed by atoms with Gasteiger partial charge in [-0.15, -0.1) is 0 Å². The lowest BCUT2D eigenvalue weighted by molar-refractivity contribution is -0.120. The molecule has 0 aromatic heterocycles. The van der Waals surface area contributed by atoms with E-state index >= 15 is 0 Å². The van der Waals surface area contributed by atoms with Crippen LogP contribution in [0.2, 0.25) is 0 Å². The summed E-state index contributed by atoms with van der Waals surface area (Å²) in [6.07, 6.45) is 0.755. The van der Waals surface area contributed by atoms with E-state index in [1.807, 2.05) is 38.1 Å². The summed E-state index contributed by atoms with van der Waals surface area (Å²) in [5.74, 6) is 1.18. The minimum Gasteiger partial charge on any atom is -0.494 e. The molecule has 0 aliphatic heterocycles. The zero-order valence-electron chi connectivity index (χ0n) is 9.62. The number of hydrogen-bond acceptors (Lipinski definition) is 2. The average molecular weight is 206 g/mol. The van der Waals surface area contributed by atoms with Crippen molar-refractivity contribution in [3.63, 3.8) is 0 Å². The van der Waals surface area contributed by atoms with Crippen LogP contribution in [-0.4, -0.2) is 12.4 Å². The molecule has 1 aromatic carbocycles. The van der Waals surface area contributed by atoms with Gasteiger partial charge in [-0.3, -0.25) is 4.79 Å². The third kappa shape index (κ3) is 3.39. The summed E-state index contributed by atoms with van der Waals surface area (Å²) in [4.78, 5) is 11.2. The Morgan fingerprint density at radius 3 is 2.67 bits per heavy atom. The van der Waals surface area contributed by atoms with E-state index in [9.17, 15) is 4.79 Å². The van der Waals surface area contributed by atoms with Crippen LogP contribution in [0.15, 0.2) is 24.3 Å². The predicted molar refractivity (Wildman–Crippen MR) is 61.2 cm³/mol. The van der Waals surface area contributed by atoms with Gasteiger partial charge in [0.1, 0.15) is 11.5 Å². The van der Waals surface area contributed by atoms with Gasteiger partial charge in [-0.2, -0.15) is 0 Å². The van der Waals surface area contributed by atoms with Gasteiger partial charge in [0.15, 0.2) is 0 Å². The van der Waals surface area contributed by atoms with Crippen LogP contribution in [0.3, 0.4) is 0 Å². The molecule has 2 nitrogen and oxygen atoms in total. The number of carbonyl (C=O) groups is 1. The van der Waals surface area contributed by atoms with Crippen LogP contribution in [0.4, 0.5) is 0 Å². The van der Waals surface area contributed by atoms with Crippen molar-refractivity contribution in [1.29, 1.82) is 0 Å². The first-order valence-corrected chi connectivity index (χ1v) is 5.36. The van der Waals surface area contributed by atoms with Gasteiger partial charge in [0.25, 0.3) is 0 Å².